The van der Waals surface area contributed by atoms with Crippen LogP contribution in [-0.2, 0) is 23.5 Å². The largest absolute Gasteiger partial charge is 0.345 e. The summed E-state index contributed by atoms with van der Waals surface area (Å²) in [6.07, 6.45) is -0.814. The Hall–Kier alpha value is -2.33. The van der Waals surface area contributed by atoms with Crippen LogP contribution in [0.1, 0.15) is 41.4 Å². The number of halogens is 3. The highest BCUT2D eigenvalue weighted by Crippen LogP contribution is 2.29. The van der Waals surface area contributed by atoms with E-state index in [1.165, 1.54) is 23.9 Å². The minimum Gasteiger partial charge on any atom is -0.345 e. The number of benzene rings is 1. The first kappa shape index (κ1) is 19.4. The van der Waals surface area contributed by atoms with Crippen LogP contribution < -0.4 is 10.0 Å². The number of aryl methyl sites for hydroxylation is 1. The number of nitrogens with one attached hydrogen (secondary N) is 2. The molecule has 0 saturated heterocycles. The molecule has 0 bridgehead atoms. The maximum atomic E-state index is 13.4. The van der Waals surface area contributed by atoms with E-state index in [0.717, 1.165) is 12.1 Å². The van der Waals surface area contributed by atoms with Crippen LogP contribution in [0.5, 0.6) is 0 Å². The summed E-state index contributed by atoms with van der Waals surface area (Å²) in [5, 5.41) is 2.44. The van der Waals surface area contributed by atoms with Crippen LogP contribution in [0.4, 0.5) is 18.9 Å². The molecule has 0 saturated carbocycles. The van der Waals surface area contributed by atoms with Crippen LogP contribution in [0.2, 0.25) is 0 Å². The Morgan fingerprint density at radius 1 is 1.37 bits per heavy atom. The Kier molecular flexibility index (Phi) is 5.04. The molecule has 0 radical (unpaired) electrons. The molecule has 1 atom stereocenters. The summed E-state index contributed by atoms with van der Waals surface area (Å²) in [6, 6.07) is 2.59. The zero-order valence-corrected chi connectivity index (χ0v) is 15.4. The molecule has 2 heterocycles. The van der Waals surface area contributed by atoms with Gasteiger partial charge in [-0.25, -0.2) is 26.3 Å². The molecule has 6 nitrogen and oxygen atoms in total. The first-order valence-corrected chi connectivity index (χ1v) is 9.68. The molecule has 10 heteroatoms. The van der Waals surface area contributed by atoms with Crippen LogP contribution in [0.3, 0.4) is 0 Å². The summed E-state index contributed by atoms with van der Waals surface area (Å²) in [5.74, 6) is -1.72. The summed E-state index contributed by atoms with van der Waals surface area (Å²) in [7, 11) is -2.23. The first-order valence-electron chi connectivity index (χ1n) is 8.19. The molecule has 2 N–H and O–H groups in total. The SMILES string of the molecule is C[C@H]1CCc2c(cn(C)c2C(=O)Nc2ccc(F)c(C(F)F)c2)S(=O)(=O)N1. The highest BCUT2D eigenvalue weighted by molar-refractivity contribution is 7.89. The quantitative estimate of drug-likeness (QED) is 0.830. The molecular formula is C17H18F3N3O3S. The van der Waals surface area contributed by atoms with Crippen molar-refractivity contribution < 1.29 is 26.4 Å². The normalized spacial score (nSPS) is 18.8. The summed E-state index contributed by atoms with van der Waals surface area (Å²) in [5.41, 5.74) is -0.343. The number of carbonyl (C=O) groups is 1. The highest BCUT2D eigenvalue weighted by Gasteiger charge is 2.31. The van der Waals surface area contributed by atoms with E-state index in [1.807, 2.05) is 0 Å². The van der Waals surface area contributed by atoms with Gasteiger partial charge in [-0.15, -0.1) is 0 Å². The molecule has 3 rings (SSSR count). The van der Waals surface area contributed by atoms with Gasteiger partial charge in [0, 0.05) is 30.5 Å². The summed E-state index contributed by atoms with van der Waals surface area (Å²) < 4.78 is 67.9. The van der Waals surface area contributed by atoms with Gasteiger partial charge < -0.3 is 9.88 Å². The maximum Gasteiger partial charge on any atom is 0.272 e. The zero-order valence-electron chi connectivity index (χ0n) is 14.6. The second-order valence-electron chi connectivity index (χ2n) is 6.48. The van der Waals surface area contributed by atoms with Gasteiger partial charge in [-0.3, -0.25) is 4.79 Å². The molecule has 27 heavy (non-hydrogen) atoms. The Morgan fingerprint density at radius 2 is 2.07 bits per heavy atom. The third-order valence-corrected chi connectivity index (χ3v) is 6.07. The molecule has 0 aliphatic carbocycles. The van der Waals surface area contributed by atoms with Crippen molar-refractivity contribution in [3.05, 3.63) is 47.0 Å². The number of rotatable bonds is 3. The average molecular weight is 401 g/mol. The summed E-state index contributed by atoms with van der Waals surface area (Å²) in [4.78, 5) is 12.7. The molecule has 1 aromatic heterocycles. The van der Waals surface area contributed by atoms with E-state index < -0.39 is 33.7 Å². The fourth-order valence-corrected chi connectivity index (χ4v) is 4.74. The monoisotopic (exact) mass is 401 g/mol. The molecule has 0 fully saturated rings. The predicted molar refractivity (Wildman–Crippen MR) is 92.8 cm³/mol. The standard InChI is InChI=1S/C17H18F3N3O3S/c1-9-3-5-11-14(27(25,26)22-9)8-23(2)15(11)17(24)21-10-4-6-13(18)12(7-10)16(19)20/h4,6-9,16,22H,3,5H2,1-2H3,(H,21,24)/t9-/m0/s1. The van der Waals surface area contributed by atoms with E-state index in [4.69, 9.17) is 0 Å². The Morgan fingerprint density at radius 3 is 2.74 bits per heavy atom. The van der Waals surface area contributed by atoms with E-state index in [2.05, 4.69) is 10.0 Å². The van der Waals surface area contributed by atoms with Crippen LogP contribution >= 0.6 is 0 Å². The number of sulfonamides is 1. The van der Waals surface area contributed by atoms with Crippen molar-refractivity contribution in [3.8, 4) is 0 Å². The van der Waals surface area contributed by atoms with E-state index >= 15 is 0 Å². The highest BCUT2D eigenvalue weighted by atomic mass is 32.2. The number of amides is 1. The molecule has 1 aliphatic heterocycles. The number of fused-ring (bicyclic) bond motifs is 1. The molecule has 146 valence electrons. The van der Waals surface area contributed by atoms with Gasteiger partial charge >= 0.3 is 0 Å². The van der Waals surface area contributed by atoms with Gasteiger partial charge in [0.25, 0.3) is 12.3 Å². The predicted octanol–water partition coefficient (Wildman–Crippen LogP) is 2.97. The second-order valence-corrected chi connectivity index (χ2v) is 8.17. The van der Waals surface area contributed by atoms with Gasteiger partial charge in [-0.05, 0) is 38.0 Å². The lowest BCUT2D eigenvalue weighted by Gasteiger charge is -2.11. The minimum absolute atomic E-state index is 0.00498. The Labute approximate surface area is 154 Å². The van der Waals surface area contributed by atoms with Crippen LogP contribution in [0.25, 0.3) is 0 Å². The number of aromatic nitrogens is 1. The third-order valence-electron chi connectivity index (χ3n) is 4.42. The summed E-state index contributed by atoms with van der Waals surface area (Å²) >= 11 is 0. The van der Waals surface area contributed by atoms with Gasteiger partial charge in [0.05, 0.1) is 5.56 Å². The van der Waals surface area contributed by atoms with Crippen LogP contribution in [0, 0.1) is 5.82 Å². The van der Waals surface area contributed by atoms with E-state index in [9.17, 15) is 26.4 Å². The molecule has 1 aromatic carbocycles. The van der Waals surface area contributed by atoms with Gasteiger partial charge in [0.15, 0.2) is 0 Å². The van der Waals surface area contributed by atoms with E-state index in [1.54, 1.807) is 6.92 Å². The number of nitrogens with zero attached hydrogens (tertiary/aromatic N) is 1. The van der Waals surface area contributed by atoms with Crippen molar-refractivity contribution in [2.45, 2.75) is 37.1 Å². The third kappa shape index (κ3) is 3.72. The zero-order chi connectivity index (χ0) is 19.9. The Balaban J connectivity index is 1.98. The lowest BCUT2D eigenvalue weighted by molar-refractivity contribution is 0.101. The fraction of sp³-hybridized carbons (Fsp3) is 0.353. The van der Waals surface area contributed by atoms with Gasteiger partial charge in [-0.1, -0.05) is 0 Å². The van der Waals surface area contributed by atoms with Crippen molar-refractivity contribution >= 4 is 21.6 Å². The van der Waals surface area contributed by atoms with Crippen molar-refractivity contribution in [2.75, 3.05) is 5.32 Å². The van der Waals surface area contributed by atoms with Crippen LogP contribution in [-0.4, -0.2) is 24.9 Å². The number of anilines is 1. The van der Waals surface area contributed by atoms with E-state index in [0.29, 0.717) is 18.4 Å². The minimum atomic E-state index is -3.76. The molecule has 0 unspecified atom stereocenters. The topological polar surface area (TPSA) is 80.2 Å². The van der Waals surface area contributed by atoms with Crippen LogP contribution in [0.15, 0.2) is 29.3 Å². The maximum absolute atomic E-state index is 13.4. The number of alkyl halides is 2. The molecule has 1 aliphatic rings. The smallest absolute Gasteiger partial charge is 0.272 e. The first-order chi connectivity index (χ1) is 12.6. The van der Waals surface area contributed by atoms with Crippen molar-refractivity contribution in [2.24, 2.45) is 7.05 Å². The van der Waals surface area contributed by atoms with E-state index in [-0.39, 0.29) is 22.3 Å². The van der Waals surface area contributed by atoms with Crippen molar-refractivity contribution in [1.29, 1.82) is 0 Å². The lowest BCUT2D eigenvalue weighted by Crippen LogP contribution is -2.30. The van der Waals surface area contributed by atoms with Crippen molar-refractivity contribution in [1.82, 2.24) is 9.29 Å². The second kappa shape index (κ2) is 7.01. The number of hydrogen-bond acceptors (Lipinski definition) is 3. The fourth-order valence-electron chi connectivity index (χ4n) is 3.15. The lowest BCUT2D eigenvalue weighted by atomic mass is 10.1. The summed E-state index contributed by atoms with van der Waals surface area (Å²) in [6.45, 7) is 1.73. The van der Waals surface area contributed by atoms with Gasteiger partial charge in [-0.2, -0.15) is 0 Å². The van der Waals surface area contributed by atoms with Crippen molar-refractivity contribution in [3.63, 3.8) is 0 Å². The number of carbonyl (C=O) groups excluding carboxylic acids is 1. The Bertz CT molecular complexity index is 1000. The number of hydrogen-bond donors (Lipinski definition) is 2. The average Bonchev–Trinajstić information content (AvgIpc) is 2.86. The van der Waals surface area contributed by atoms with Gasteiger partial charge in [0.2, 0.25) is 10.0 Å². The van der Waals surface area contributed by atoms with Gasteiger partial charge in [0.1, 0.15) is 16.4 Å². The molecule has 1 amide bonds. The molecular weight excluding hydrogens is 383 g/mol. The molecule has 2 aromatic rings. The molecule has 0 spiro atoms.